The second kappa shape index (κ2) is 24.1. The Kier molecular flexibility index (Phi) is 84.2. The molecule has 1 aromatic rings. The van der Waals surface area contributed by atoms with Crippen molar-refractivity contribution in [2.75, 3.05) is 0 Å². The number of hydrogen-bond donors (Lipinski definition) is 1. The van der Waals surface area contributed by atoms with Gasteiger partial charge in [0.1, 0.15) is 0 Å². The quantitative estimate of drug-likeness (QED) is 0.432. The summed E-state index contributed by atoms with van der Waals surface area (Å²) in [6, 6.07) is 3.89. The van der Waals surface area contributed by atoms with Crippen molar-refractivity contribution in [1.82, 2.24) is 4.98 Å². The third-order valence-corrected chi connectivity index (χ3v) is 0.496. The minimum atomic E-state index is 0. The van der Waals surface area contributed by atoms with Gasteiger partial charge in [-0.25, -0.2) is 0 Å². The van der Waals surface area contributed by atoms with Gasteiger partial charge in [0.05, 0.1) is 0 Å². The van der Waals surface area contributed by atoms with E-state index in [4.69, 9.17) is 0 Å². The molecule has 0 atom stereocenters. The Morgan fingerprint density at radius 1 is 0.700 bits per heavy atom. The van der Waals surface area contributed by atoms with Crippen LogP contribution in [0.4, 0.5) is 18.8 Å². The summed E-state index contributed by atoms with van der Waals surface area (Å²) in [4.78, 5) is 2.86. The molecule has 0 amide bonds. The molecule has 0 saturated heterocycles. The summed E-state index contributed by atoms with van der Waals surface area (Å²) in [6.45, 7) is 0. The van der Waals surface area contributed by atoms with E-state index in [1.165, 1.54) is 0 Å². The third-order valence-electron chi connectivity index (χ3n) is 0.496. The predicted molar refractivity (Wildman–Crippen MR) is 42.1 cm³/mol. The van der Waals surface area contributed by atoms with Crippen LogP contribution in [0.1, 0.15) is 0 Å². The van der Waals surface area contributed by atoms with Gasteiger partial charge in [0.25, 0.3) is 0 Å². The van der Waals surface area contributed by atoms with E-state index in [0.717, 1.165) is 0 Å². The molecule has 1 N–H and O–H groups in total. The van der Waals surface area contributed by atoms with E-state index in [1.807, 2.05) is 24.5 Å². The summed E-state index contributed by atoms with van der Waals surface area (Å²) in [5, 5.41) is 0. The molecule has 1 heterocycles. The van der Waals surface area contributed by atoms with Crippen LogP contribution in [0.5, 0.6) is 0 Å². The smallest absolute Gasteiger partial charge is 0.000496 e. The summed E-state index contributed by atoms with van der Waals surface area (Å²) in [7, 11) is 0. The number of hydrogen-bond acceptors (Lipinski definition) is 0. The first-order valence-corrected chi connectivity index (χ1v) is 1.58. The van der Waals surface area contributed by atoms with Crippen molar-refractivity contribution in [3.05, 3.63) is 24.5 Å². The second-order valence-corrected chi connectivity index (χ2v) is 0.885. The fourth-order valence-electron chi connectivity index (χ4n) is 0.278. The third kappa shape index (κ3) is 15.7. The fraction of sp³-hybridized carbons (Fsp3) is 0. The first-order chi connectivity index (χ1) is 2.50. The molecule has 0 saturated carbocycles. The van der Waals surface area contributed by atoms with Crippen LogP contribution in [0.25, 0.3) is 0 Å². The normalized spacial score (nSPS) is 4.00. The molecule has 0 bridgehead atoms. The largest absolute Gasteiger partial charge is 0.368 e. The van der Waals surface area contributed by atoms with E-state index >= 15 is 0 Å². The zero-order valence-corrected chi connectivity index (χ0v) is 4.44. The van der Waals surface area contributed by atoms with Crippen molar-refractivity contribution in [3.63, 3.8) is 0 Å². The van der Waals surface area contributed by atoms with Gasteiger partial charge >= 0.3 is 0 Å². The first kappa shape index (κ1) is 35.0. The molecule has 0 aliphatic carbocycles. The van der Waals surface area contributed by atoms with Gasteiger partial charge in [0.15, 0.2) is 0 Å². The molecule has 0 fully saturated rings. The van der Waals surface area contributed by atoms with Crippen molar-refractivity contribution < 1.29 is 18.8 Å². The molecule has 0 radical (unpaired) electrons. The van der Waals surface area contributed by atoms with Crippen LogP contribution >= 0.6 is 0 Å². The summed E-state index contributed by atoms with van der Waals surface area (Å²) < 4.78 is 0. The summed E-state index contributed by atoms with van der Waals surface area (Å²) >= 11 is 0. The van der Waals surface area contributed by atoms with E-state index in [9.17, 15) is 0 Å². The average molecular weight is 179 g/mol. The highest BCUT2D eigenvalue weighted by atomic mass is 28.1. The molecule has 0 unspecified atom stereocenters. The summed E-state index contributed by atoms with van der Waals surface area (Å²) in [6.07, 6.45) is 3.75. The predicted octanol–water partition coefficient (Wildman–Crippen LogP) is 0.173. The van der Waals surface area contributed by atoms with Crippen LogP contribution in [0.15, 0.2) is 24.5 Å². The molecule has 6 heteroatoms. The minimum Gasteiger partial charge on any atom is -0.368 e. The van der Waals surface area contributed by atoms with Gasteiger partial charge in [0, 0.05) is 12.4 Å². The molecule has 0 aromatic carbocycles. The zero-order chi connectivity index (χ0) is 3.54. The molecule has 10 heavy (non-hydrogen) atoms. The molecule has 1 aromatic heterocycles. The molecular weight excluding hydrogens is 166 g/mol. The first-order valence-electron chi connectivity index (χ1n) is 1.58. The number of nitrogens with one attached hydrogen (secondary N) is 1. The molecule has 0 spiro atoms. The Morgan fingerprint density at radius 3 is 1.10 bits per heavy atom. The summed E-state index contributed by atoms with van der Waals surface area (Å²) in [5.74, 6) is 0. The Hall–Kier alpha value is -0.783. The van der Waals surface area contributed by atoms with E-state index in [1.54, 1.807) is 0 Å². The standard InChI is InChI=1S/C4H5N.4FH.H4Si/c1-2-4-5-3-1;;;;;/h1-5H;4*1H;1H4. The van der Waals surface area contributed by atoms with Crippen LogP contribution in [-0.2, 0) is 0 Å². The van der Waals surface area contributed by atoms with Crippen LogP contribution in [0, 0.1) is 0 Å². The molecule has 0 aliphatic rings. The SMILES string of the molecule is F.F.F.F.[SiH4].c1cc[nH]c1. The highest BCUT2D eigenvalue weighted by Crippen LogP contribution is 1.72. The fourth-order valence-corrected chi connectivity index (χ4v) is 0.278. The lowest BCUT2D eigenvalue weighted by molar-refractivity contribution is 1.11. The van der Waals surface area contributed by atoms with E-state index in [-0.39, 0.29) is 29.8 Å². The van der Waals surface area contributed by atoms with Crippen LogP contribution in [-0.4, -0.2) is 15.9 Å². The van der Waals surface area contributed by atoms with Gasteiger partial charge in [0.2, 0.25) is 0 Å². The Bertz CT molecular complexity index is 73.7. The Balaban J connectivity index is -0.0000000167. The average Bonchev–Trinajstić information content (AvgIpc) is 1.76. The number of rotatable bonds is 0. The van der Waals surface area contributed by atoms with Crippen molar-refractivity contribution in [2.45, 2.75) is 0 Å². The van der Waals surface area contributed by atoms with Gasteiger partial charge in [-0.1, -0.05) is 0 Å². The number of H-pyrrole nitrogens is 1. The lowest BCUT2D eigenvalue weighted by atomic mass is 10.7. The summed E-state index contributed by atoms with van der Waals surface area (Å²) in [5.41, 5.74) is 0. The molecule has 0 aliphatic heterocycles. The van der Waals surface area contributed by atoms with Crippen LogP contribution in [0.3, 0.4) is 0 Å². The maximum absolute atomic E-state index is 2.86. The van der Waals surface area contributed by atoms with E-state index in [0.29, 0.717) is 0 Å². The molecule has 1 rings (SSSR count). The van der Waals surface area contributed by atoms with Crippen LogP contribution < -0.4 is 0 Å². The zero-order valence-electron chi connectivity index (χ0n) is 4.44. The van der Waals surface area contributed by atoms with E-state index < -0.39 is 0 Å². The van der Waals surface area contributed by atoms with Crippen molar-refractivity contribution in [2.24, 2.45) is 0 Å². The van der Waals surface area contributed by atoms with Gasteiger partial charge in [-0.15, -0.1) is 0 Å². The van der Waals surface area contributed by atoms with E-state index in [2.05, 4.69) is 4.98 Å². The highest BCUT2D eigenvalue weighted by molar-refractivity contribution is 5.75. The monoisotopic (exact) mass is 179 g/mol. The molecule has 1 nitrogen and oxygen atoms in total. The number of aromatic amines is 1. The minimum absolute atomic E-state index is 0. The van der Waals surface area contributed by atoms with Gasteiger partial charge in [-0.3, -0.25) is 18.8 Å². The van der Waals surface area contributed by atoms with Crippen LogP contribution in [0.2, 0.25) is 0 Å². The Morgan fingerprint density at radius 2 is 1.00 bits per heavy atom. The molecular formula is C4H13F4NSi. The second-order valence-electron chi connectivity index (χ2n) is 0.885. The van der Waals surface area contributed by atoms with Gasteiger partial charge in [-0.05, 0) is 23.1 Å². The number of halogens is 4. The van der Waals surface area contributed by atoms with Crippen molar-refractivity contribution in [1.29, 1.82) is 0 Å². The van der Waals surface area contributed by atoms with Crippen molar-refractivity contribution >= 4 is 11.0 Å². The maximum atomic E-state index is 2.86. The number of aromatic nitrogens is 1. The molecule has 66 valence electrons. The highest BCUT2D eigenvalue weighted by Gasteiger charge is 1.55. The lowest BCUT2D eigenvalue weighted by Crippen LogP contribution is -1.38. The van der Waals surface area contributed by atoms with Gasteiger partial charge < -0.3 is 4.98 Å². The van der Waals surface area contributed by atoms with Gasteiger partial charge in [-0.2, -0.15) is 0 Å². The van der Waals surface area contributed by atoms with Crippen molar-refractivity contribution in [3.8, 4) is 0 Å². The lowest BCUT2D eigenvalue weighted by Gasteiger charge is -1.49. The topological polar surface area (TPSA) is 15.8 Å². The maximum Gasteiger partial charge on any atom is 0.000496 e. The Labute approximate surface area is 60.3 Å².